The lowest BCUT2D eigenvalue weighted by Gasteiger charge is -2.39. The molecule has 3 nitrogen and oxygen atoms in total. The second kappa shape index (κ2) is 5.38. The largest absolute Gasteiger partial charge is 0.340 e. The summed E-state index contributed by atoms with van der Waals surface area (Å²) in [5, 5.41) is 12.8. The SMILES string of the molecule is Cc1c(CNC2CCCCC2(C)C)cc(C#N)n1C. The van der Waals surface area contributed by atoms with E-state index in [4.69, 9.17) is 5.26 Å². The zero-order chi connectivity index (χ0) is 14.0. The van der Waals surface area contributed by atoms with E-state index in [1.165, 1.54) is 36.9 Å². The molecule has 0 aromatic carbocycles. The van der Waals surface area contributed by atoms with Crippen molar-refractivity contribution in [3.63, 3.8) is 0 Å². The molecule has 0 aliphatic heterocycles. The summed E-state index contributed by atoms with van der Waals surface area (Å²) >= 11 is 0. The number of nitrogens with zero attached hydrogens (tertiary/aromatic N) is 2. The van der Waals surface area contributed by atoms with Gasteiger partial charge in [-0.05, 0) is 36.8 Å². The van der Waals surface area contributed by atoms with Gasteiger partial charge in [0.1, 0.15) is 11.8 Å². The van der Waals surface area contributed by atoms with E-state index in [9.17, 15) is 0 Å². The fourth-order valence-electron chi connectivity index (χ4n) is 3.15. The first-order valence-corrected chi connectivity index (χ1v) is 7.24. The second-order valence-electron chi connectivity index (χ2n) is 6.48. The molecule has 1 fully saturated rings. The molecule has 1 N–H and O–H groups in total. The zero-order valence-electron chi connectivity index (χ0n) is 12.6. The highest BCUT2D eigenvalue weighted by Gasteiger charge is 2.31. The lowest BCUT2D eigenvalue weighted by atomic mass is 9.73. The molecule has 0 bridgehead atoms. The molecule has 0 saturated heterocycles. The number of nitriles is 1. The zero-order valence-corrected chi connectivity index (χ0v) is 12.6. The van der Waals surface area contributed by atoms with Gasteiger partial charge in [-0.3, -0.25) is 0 Å². The van der Waals surface area contributed by atoms with Crippen molar-refractivity contribution in [3.8, 4) is 6.07 Å². The fraction of sp³-hybridized carbons (Fsp3) is 0.688. The smallest absolute Gasteiger partial charge is 0.120 e. The van der Waals surface area contributed by atoms with Crippen LogP contribution in [0, 0.1) is 23.7 Å². The standard InChI is InChI=1S/C16H25N3/c1-12-13(9-14(10-17)19(12)4)11-18-15-7-5-6-8-16(15,2)3/h9,15,18H,5-8,11H2,1-4H3. The molecule has 1 aliphatic carbocycles. The van der Waals surface area contributed by atoms with Gasteiger partial charge in [-0.1, -0.05) is 26.7 Å². The molecule has 0 amide bonds. The van der Waals surface area contributed by atoms with E-state index in [1.54, 1.807) is 0 Å². The quantitative estimate of drug-likeness (QED) is 0.905. The molecule has 1 aliphatic rings. The molecular weight excluding hydrogens is 234 g/mol. The molecule has 0 radical (unpaired) electrons. The number of rotatable bonds is 3. The van der Waals surface area contributed by atoms with E-state index in [-0.39, 0.29) is 0 Å². The Labute approximate surface area is 116 Å². The predicted octanol–water partition coefficient (Wildman–Crippen LogP) is 3.26. The molecule has 19 heavy (non-hydrogen) atoms. The summed E-state index contributed by atoms with van der Waals surface area (Å²) in [6.07, 6.45) is 5.26. The van der Waals surface area contributed by atoms with Crippen LogP contribution in [0.5, 0.6) is 0 Å². The Kier molecular flexibility index (Phi) is 4.01. The Morgan fingerprint density at radius 3 is 2.79 bits per heavy atom. The van der Waals surface area contributed by atoms with Crippen LogP contribution in [0.3, 0.4) is 0 Å². The molecule has 1 saturated carbocycles. The van der Waals surface area contributed by atoms with Gasteiger partial charge in [0.2, 0.25) is 0 Å². The molecule has 1 aromatic rings. The maximum Gasteiger partial charge on any atom is 0.120 e. The van der Waals surface area contributed by atoms with Gasteiger partial charge in [-0.25, -0.2) is 0 Å². The molecule has 104 valence electrons. The van der Waals surface area contributed by atoms with Crippen molar-refractivity contribution >= 4 is 0 Å². The average molecular weight is 259 g/mol. The Morgan fingerprint density at radius 1 is 1.47 bits per heavy atom. The van der Waals surface area contributed by atoms with Gasteiger partial charge >= 0.3 is 0 Å². The van der Waals surface area contributed by atoms with Crippen LogP contribution < -0.4 is 5.32 Å². The summed E-state index contributed by atoms with van der Waals surface area (Å²) in [4.78, 5) is 0. The minimum Gasteiger partial charge on any atom is -0.340 e. The molecule has 2 rings (SSSR count). The maximum absolute atomic E-state index is 9.06. The molecule has 1 aromatic heterocycles. The molecule has 1 unspecified atom stereocenters. The van der Waals surface area contributed by atoms with Crippen LogP contribution in [0.15, 0.2) is 6.07 Å². The van der Waals surface area contributed by atoms with Crippen molar-refractivity contribution in [2.75, 3.05) is 0 Å². The molecule has 1 atom stereocenters. The van der Waals surface area contributed by atoms with E-state index in [1.807, 2.05) is 17.7 Å². The van der Waals surface area contributed by atoms with Gasteiger partial charge in [0.25, 0.3) is 0 Å². The third kappa shape index (κ3) is 2.84. The van der Waals surface area contributed by atoms with Gasteiger partial charge < -0.3 is 9.88 Å². The Hall–Kier alpha value is -1.27. The average Bonchev–Trinajstić information content (AvgIpc) is 2.64. The summed E-state index contributed by atoms with van der Waals surface area (Å²) in [7, 11) is 1.96. The first kappa shape index (κ1) is 14.1. The van der Waals surface area contributed by atoms with Crippen LogP contribution in [0.25, 0.3) is 0 Å². The van der Waals surface area contributed by atoms with Crippen LogP contribution >= 0.6 is 0 Å². The highest BCUT2D eigenvalue weighted by Crippen LogP contribution is 2.35. The van der Waals surface area contributed by atoms with Crippen LogP contribution in [-0.2, 0) is 13.6 Å². The molecule has 3 heteroatoms. The number of hydrogen-bond acceptors (Lipinski definition) is 2. The monoisotopic (exact) mass is 259 g/mol. The summed E-state index contributed by atoms with van der Waals surface area (Å²) in [5.41, 5.74) is 3.58. The minimum atomic E-state index is 0.388. The van der Waals surface area contributed by atoms with Crippen LogP contribution in [0.4, 0.5) is 0 Å². The topological polar surface area (TPSA) is 40.8 Å². The van der Waals surface area contributed by atoms with Gasteiger partial charge in [0.15, 0.2) is 0 Å². The van der Waals surface area contributed by atoms with Crippen molar-refractivity contribution in [2.45, 2.75) is 59.0 Å². The number of aromatic nitrogens is 1. The fourth-order valence-corrected chi connectivity index (χ4v) is 3.15. The third-order valence-corrected chi connectivity index (χ3v) is 4.80. The normalized spacial score (nSPS) is 22.2. The lowest BCUT2D eigenvalue weighted by molar-refractivity contribution is 0.166. The van der Waals surface area contributed by atoms with Crippen molar-refractivity contribution < 1.29 is 0 Å². The highest BCUT2D eigenvalue weighted by molar-refractivity contribution is 5.34. The van der Waals surface area contributed by atoms with Crippen molar-refractivity contribution in [1.29, 1.82) is 5.26 Å². The first-order chi connectivity index (χ1) is 8.95. The van der Waals surface area contributed by atoms with E-state index in [0.717, 1.165) is 12.2 Å². The Balaban J connectivity index is 2.05. The number of nitrogens with one attached hydrogen (secondary N) is 1. The predicted molar refractivity (Wildman–Crippen MR) is 77.7 cm³/mol. The van der Waals surface area contributed by atoms with Gasteiger partial charge in [0.05, 0.1) is 0 Å². The van der Waals surface area contributed by atoms with E-state index in [0.29, 0.717) is 11.5 Å². The van der Waals surface area contributed by atoms with Gasteiger partial charge in [-0.15, -0.1) is 0 Å². The summed E-state index contributed by atoms with van der Waals surface area (Å²) in [5.74, 6) is 0. The van der Waals surface area contributed by atoms with E-state index >= 15 is 0 Å². The first-order valence-electron chi connectivity index (χ1n) is 7.24. The van der Waals surface area contributed by atoms with Crippen LogP contribution in [-0.4, -0.2) is 10.6 Å². The summed E-state index contributed by atoms with van der Waals surface area (Å²) in [6, 6.07) is 4.85. The second-order valence-corrected chi connectivity index (χ2v) is 6.48. The summed E-state index contributed by atoms with van der Waals surface area (Å²) in [6.45, 7) is 7.68. The molecule has 0 spiro atoms. The van der Waals surface area contributed by atoms with E-state index in [2.05, 4.69) is 32.2 Å². The third-order valence-electron chi connectivity index (χ3n) is 4.80. The van der Waals surface area contributed by atoms with Crippen LogP contribution in [0.1, 0.15) is 56.5 Å². The van der Waals surface area contributed by atoms with Crippen LogP contribution in [0.2, 0.25) is 0 Å². The molecule has 1 heterocycles. The van der Waals surface area contributed by atoms with Crippen molar-refractivity contribution in [1.82, 2.24) is 9.88 Å². The number of hydrogen-bond donors (Lipinski definition) is 1. The minimum absolute atomic E-state index is 0.388. The van der Waals surface area contributed by atoms with Crippen molar-refractivity contribution in [2.24, 2.45) is 12.5 Å². The Bertz CT molecular complexity index is 491. The maximum atomic E-state index is 9.06. The summed E-state index contributed by atoms with van der Waals surface area (Å²) < 4.78 is 1.98. The van der Waals surface area contributed by atoms with E-state index < -0.39 is 0 Å². The van der Waals surface area contributed by atoms with Gasteiger partial charge in [0, 0.05) is 25.3 Å². The lowest BCUT2D eigenvalue weighted by Crippen LogP contribution is -2.43. The van der Waals surface area contributed by atoms with Crippen molar-refractivity contribution in [3.05, 3.63) is 23.0 Å². The van der Waals surface area contributed by atoms with Gasteiger partial charge in [-0.2, -0.15) is 5.26 Å². The Morgan fingerprint density at radius 2 is 2.21 bits per heavy atom. The molecular formula is C16H25N3. The highest BCUT2D eigenvalue weighted by atomic mass is 15.0.